The van der Waals surface area contributed by atoms with Gasteiger partial charge in [0.05, 0.1) is 38.9 Å². The van der Waals surface area contributed by atoms with Gasteiger partial charge in [0, 0.05) is 24.1 Å². The first-order valence-corrected chi connectivity index (χ1v) is 6.48. The van der Waals surface area contributed by atoms with Crippen LogP contribution < -0.4 is 4.74 Å². The third-order valence-corrected chi connectivity index (χ3v) is 2.73. The van der Waals surface area contributed by atoms with E-state index >= 15 is 0 Å². The predicted octanol–water partition coefficient (Wildman–Crippen LogP) is 1.28. The Morgan fingerprint density at radius 2 is 1.95 bits per heavy atom. The Balaban J connectivity index is 2.98. The number of rotatable bonds is 6. The molecule has 0 aromatic heterocycles. The van der Waals surface area contributed by atoms with Crippen LogP contribution in [0.4, 0.5) is 0 Å². The second-order valence-corrected chi connectivity index (χ2v) is 4.26. The molecule has 0 heterocycles. The van der Waals surface area contributed by atoms with Gasteiger partial charge in [-0.05, 0) is 18.2 Å². The van der Waals surface area contributed by atoms with Gasteiger partial charge in [-0.2, -0.15) is 10.5 Å². The van der Waals surface area contributed by atoms with Crippen molar-refractivity contribution in [2.45, 2.75) is 13.0 Å². The summed E-state index contributed by atoms with van der Waals surface area (Å²) in [5.74, 6) is 6.52. The molecule has 0 bridgehead atoms. The molecule has 0 unspecified atom stereocenters. The second-order valence-electron chi connectivity index (χ2n) is 4.26. The molecule has 5 nitrogen and oxygen atoms in total. The molecule has 1 rings (SSSR count). The van der Waals surface area contributed by atoms with Gasteiger partial charge in [-0.15, -0.1) is 0 Å². The fourth-order valence-corrected chi connectivity index (χ4v) is 1.81. The van der Waals surface area contributed by atoms with E-state index in [1.807, 2.05) is 30.3 Å². The van der Waals surface area contributed by atoms with Crippen molar-refractivity contribution in [3.8, 4) is 29.7 Å². The first-order chi connectivity index (χ1) is 10.2. The van der Waals surface area contributed by atoms with Crippen molar-refractivity contribution in [3.63, 3.8) is 0 Å². The minimum Gasteiger partial charge on any atom is -0.496 e. The van der Waals surface area contributed by atoms with Gasteiger partial charge in [0.1, 0.15) is 5.75 Å². The van der Waals surface area contributed by atoms with Crippen molar-refractivity contribution in [1.29, 1.82) is 10.5 Å². The van der Waals surface area contributed by atoms with E-state index in [4.69, 9.17) is 20.4 Å². The number of nitriles is 2. The number of methoxy groups -OCH3 is 1. The number of aliphatic hydroxyl groups excluding tert-OH is 1. The molecule has 0 amide bonds. The molecule has 0 fully saturated rings. The lowest BCUT2D eigenvalue weighted by Gasteiger charge is -2.17. The maximum absolute atomic E-state index is 8.79. The van der Waals surface area contributed by atoms with Gasteiger partial charge >= 0.3 is 0 Å². The molecular formula is C16H17N3O2. The fourth-order valence-electron chi connectivity index (χ4n) is 1.81. The normalized spacial score (nSPS) is 9.38. The summed E-state index contributed by atoms with van der Waals surface area (Å²) in [6.07, 6.45) is 0.427. The van der Waals surface area contributed by atoms with Crippen molar-refractivity contribution >= 4 is 0 Å². The van der Waals surface area contributed by atoms with E-state index in [1.54, 1.807) is 12.0 Å². The van der Waals surface area contributed by atoms with Crippen LogP contribution in [-0.2, 0) is 6.54 Å². The highest BCUT2D eigenvalue weighted by Gasteiger charge is 2.10. The highest BCUT2D eigenvalue weighted by molar-refractivity contribution is 5.44. The van der Waals surface area contributed by atoms with Crippen LogP contribution in [0.3, 0.4) is 0 Å². The molecule has 0 radical (unpaired) electrons. The van der Waals surface area contributed by atoms with Crippen LogP contribution in [0.25, 0.3) is 0 Å². The van der Waals surface area contributed by atoms with Gasteiger partial charge in [0.15, 0.2) is 0 Å². The fraction of sp³-hybridized carbons (Fsp3) is 0.375. The van der Waals surface area contributed by atoms with Crippen LogP contribution in [0.1, 0.15) is 17.5 Å². The van der Waals surface area contributed by atoms with Gasteiger partial charge in [0.2, 0.25) is 0 Å². The Morgan fingerprint density at radius 1 is 1.24 bits per heavy atom. The molecule has 0 aliphatic carbocycles. The molecule has 108 valence electrons. The average molecular weight is 283 g/mol. The van der Waals surface area contributed by atoms with Crippen LogP contribution in [0.2, 0.25) is 0 Å². The molecule has 0 aliphatic heterocycles. The highest BCUT2D eigenvalue weighted by Crippen LogP contribution is 2.21. The van der Waals surface area contributed by atoms with E-state index in [2.05, 4.69) is 11.8 Å². The van der Waals surface area contributed by atoms with E-state index < -0.39 is 0 Å². The van der Waals surface area contributed by atoms with Gasteiger partial charge in [0.25, 0.3) is 0 Å². The monoisotopic (exact) mass is 283 g/mol. The van der Waals surface area contributed by atoms with Gasteiger partial charge < -0.3 is 9.84 Å². The lowest BCUT2D eigenvalue weighted by molar-refractivity contribution is 0.305. The van der Waals surface area contributed by atoms with Crippen LogP contribution in [0.15, 0.2) is 18.2 Å². The Bertz CT molecular complexity index is 587. The average Bonchev–Trinajstić information content (AvgIpc) is 2.48. The smallest absolute Gasteiger partial charge is 0.123 e. The second kappa shape index (κ2) is 9.39. The highest BCUT2D eigenvalue weighted by atomic mass is 16.5. The van der Waals surface area contributed by atoms with E-state index in [1.165, 1.54) is 0 Å². The van der Waals surface area contributed by atoms with E-state index in [-0.39, 0.29) is 19.7 Å². The SMILES string of the molecule is COc1ccc(C#CCCO)cc1CN(CC#N)CC#N. The molecular weight excluding hydrogens is 266 g/mol. The molecule has 1 N–H and O–H groups in total. The number of aliphatic hydroxyl groups is 1. The maximum Gasteiger partial charge on any atom is 0.123 e. The van der Waals surface area contributed by atoms with Crippen molar-refractivity contribution in [2.75, 3.05) is 26.8 Å². The van der Waals surface area contributed by atoms with Gasteiger partial charge in [-0.25, -0.2) is 0 Å². The molecule has 21 heavy (non-hydrogen) atoms. The number of benzene rings is 1. The molecule has 0 atom stereocenters. The summed E-state index contributed by atoms with van der Waals surface area (Å²) in [5.41, 5.74) is 1.69. The van der Waals surface area contributed by atoms with Crippen molar-refractivity contribution in [3.05, 3.63) is 29.3 Å². The number of hydrogen-bond acceptors (Lipinski definition) is 5. The first-order valence-electron chi connectivity index (χ1n) is 6.48. The third kappa shape index (κ3) is 5.55. The first kappa shape index (κ1) is 16.5. The Morgan fingerprint density at radius 3 is 2.52 bits per heavy atom. The Hall–Kier alpha value is -2.52. The van der Waals surface area contributed by atoms with E-state index in [0.29, 0.717) is 18.7 Å². The van der Waals surface area contributed by atoms with E-state index in [9.17, 15) is 0 Å². The number of ether oxygens (including phenoxy) is 1. The molecule has 0 spiro atoms. The van der Waals surface area contributed by atoms with Crippen LogP contribution in [0.5, 0.6) is 5.75 Å². The van der Waals surface area contributed by atoms with Crippen molar-refractivity contribution in [1.82, 2.24) is 4.90 Å². The third-order valence-electron chi connectivity index (χ3n) is 2.73. The summed E-state index contributed by atoms with van der Waals surface area (Å²) < 4.78 is 5.30. The summed E-state index contributed by atoms with van der Waals surface area (Å²) in [5, 5.41) is 26.3. The zero-order chi connectivity index (χ0) is 15.5. The lowest BCUT2D eigenvalue weighted by atomic mass is 10.1. The molecule has 0 aliphatic rings. The van der Waals surface area contributed by atoms with Crippen LogP contribution in [-0.4, -0.2) is 36.8 Å². The lowest BCUT2D eigenvalue weighted by Crippen LogP contribution is -2.24. The molecule has 5 heteroatoms. The van der Waals surface area contributed by atoms with Crippen molar-refractivity contribution in [2.24, 2.45) is 0 Å². The largest absolute Gasteiger partial charge is 0.496 e. The molecule has 0 saturated heterocycles. The summed E-state index contributed by atoms with van der Waals surface area (Å²) in [7, 11) is 1.58. The van der Waals surface area contributed by atoms with Crippen molar-refractivity contribution < 1.29 is 9.84 Å². The topological polar surface area (TPSA) is 80.3 Å². The number of nitrogens with zero attached hydrogens (tertiary/aromatic N) is 3. The minimum atomic E-state index is 0.0358. The maximum atomic E-state index is 8.79. The van der Waals surface area contributed by atoms with E-state index in [0.717, 1.165) is 11.1 Å². The predicted molar refractivity (Wildman–Crippen MR) is 78.1 cm³/mol. The zero-order valence-electron chi connectivity index (χ0n) is 12.0. The molecule has 1 aromatic carbocycles. The summed E-state index contributed by atoms with van der Waals surface area (Å²) >= 11 is 0. The van der Waals surface area contributed by atoms with Crippen LogP contribution >= 0.6 is 0 Å². The Kier molecular flexibility index (Phi) is 7.40. The molecule has 1 aromatic rings. The summed E-state index contributed by atoms with van der Waals surface area (Å²) in [4.78, 5) is 1.72. The quantitative estimate of drug-likeness (QED) is 0.628. The van der Waals surface area contributed by atoms with Gasteiger partial charge in [-0.3, -0.25) is 4.90 Å². The standard InChI is InChI=1S/C16H17N3O2/c1-21-16-6-5-14(4-2-3-11-20)12-15(16)13-19(9-7-17)10-8-18/h5-6,12,20H,3,9-11,13H2,1H3. The van der Waals surface area contributed by atoms with Crippen LogP contribution in [0, 0.1) is 34.5 Å². The minimum absolute atomic E-state index is 0.0358. The summed E-state index contributed by atoms with van der Waals surface area (Å²) in [6.45, 7) is 0.836. The zero-order valence-corrected chi connectivity index (χ0v) is 12.0. The summed E-state index contributed by atoms with van der Waals surface area (Å²) in [6, 6.07) is 9.62. The number of hydrogen-bond donors (Lipinski definition) is 1. The Labute approximate surface area is 125 Å². The molecule has 0 saturated carbocycles. The van der Waals surface area contributed by atoms with Gasteiger partial charge in [-0.1, -0.05) is 11.8 Å².